The van der Waals surface area contributed by atoms with E-state index in [-0.39, 0.29) is 4.90 Å². The van der Waals surface area contributed by atoms with E-state index in [2.05, 4.69) is 19.7 Å². The molecular formula is C14H18N4O4S3. The van der Waals surface area contributed by atoms with Gasteiger partial charge in [-0.1, -0.05) is 18.2 Å². The van der Waals surface area contributed by atoms with Crippen molar-refractivity contribution < 1.29 is 16.8 Å². The molecule has 0 aliphatic heterocycles. The van der Waals surface area contributed by atoms with Crippen molar-refractivity contribution in [1.29, 1.82) is 0 Å². The molecule has 8 nitrogen and oxygen atoms in total. The minimum Gasteiger partial charge on any atom is -0.308 e. The molecule has 0 aromatic heterocycles. The van der Waals surface area contributed by atoms with Crippen LogP contribution in [0.4, 0.5) is 17.1 Å². The van der Waals surface area contributed by atoms with Gasteiger partial charge >= 0.3 is 0 Å². The maximum atomic E-state index is 12.4. The van der Waals surface area contributed by atoms with E-state index in [0.29, 0.717) is 17.1 Å². The smallest absolute Gasteiger partial charge is 0.261 e. The molecule has 2 atom stereocenters. The summed E-state index contributed by atoms with van der Waals surface area (Å²) in [5.74, 6) is 0. The van der Waals surface area contributed by atoms with Gasteiger partial charge in [-0.25, -0.2) is 16.8 Å². The number of hydrogen-bond donors (Lipinski definition) is 4. The minimum atomic E-state index is -3.74. The summed E-state index contributed by atoms with van der Waals surface area (Å²) >= 11 is 0. The van der Waals surface area contributed by atoms with Crippen molar-refractivity contribution in [2.75, 3.05) is 27.4 Å². The molecule has 0 bridgehead atoms. The Morgan fingerprint density at radius 2 is 1.56 bits per heavy atom. The lowest BCUT2D eigenvalue weighted by molar-refractivity contribution is 0.601. The van der Waals surface area contributed by atoms with E-state index in [1.165, 1.54) is 36.8 Å². The zero-order valence-electron chi connectivity index (χ0n) is 13.5. The Labute approximate surface area is 151 Å². The predicted octanol–water partition coefficient (Wildman–Crippen LogP) is 1.40. The van der Waals surface area contributed by atoms with Crippen LogP contribution in [-0.2, 0) is 32.0 Å². The van der Waals surface area contributed by atoms with Crippen LogP contribution >= 0.6 is 0 Å². The largest absolute Gasteiger partial charge is 0.308 e. The second kappa shape index (κ2) is 8.43. The molecule has 0 amide bonds. The van der Waals surface area contributed by atoms with Gasteiger partial charge in [0.05, 0.1) is 22.0 Å². The summed E-state index contributed by atoms with van der Waals surface area (Å²) < 4.78 is 52.5. The van der Waals surface area contributed by atoms with Gasteiger partial charge in [-0.2, -0.15) is 4.83 Å². The van der Waals surface area contributed by atoms with Crippen LogP contribution in [-0.4, -0.2) is 29.3 Å². The average molecular weight is 403 g/mol. The van der Waals surface area contributed by atoms with E-state index < -0.39 is 32.0 Å². The van der Waals surface area contributed by atoms with Crippen molar-refractivity contribution >= 4 is 49.1 Å². The molecule has 0 spiro atoms. The van der Waals surface area contributed by atoms with E-state index in [1.54, 1.807) is 24.3 Å². The minimum absolute atomic E-state index is 0.133. The topological polar surface area (TPSA) is 116 Å². The first-order valence-electron chi connectivity index (χ1n) is 6.95. The van der Waals surface area contributed by atoms with Crippen molar-refractivity contribution in [3.8, 4) is 0 Å². The fourth-order valence-electron chi connectivity index (χ4n) is 1.90. The molecule has 2 aromatic rings. The highest BCUT2D eigenvalue weighted by atomic mass is 32.2. The Hall–Kier alpha value is -1.95. The quantitative estimate of drug-likeness (QED) is 0.498. The third kappa shape index (κ3) is 5.81. The molecule has 2 unspecified atom stereocenters. The number of sulfonamides is 1. The van der Waals surface area contributed by atoms with Gasteiger partial charge in [0.25, 0.3) is 10.0 Å². The lowest BCUT2D eigenvalue weighted by Gasteiger charge is -2.15. The van der Waals surface area contributed by atoms with E-state index >= 15 is 0 Å². The maximum Gasteiger partial charge on any atom is 0.261 e. The summed E-state index contributed by atoms with van der Waals surface area (Å²) in [5.41, 5.74) is 3.84. The third-order valence-corrected chi connectivity index (χ3v) is 5.20. The molecule has 11 heteroatoms. The van der Waals surface area contributed by atoms with Crippen molar-refractivity contribution in [3.63, 3.8) is 0 Å². The van der Waals surface area contributed by atoms with Crippen LogP contribution in [0.3, 0.4) is 0 Å². The van der Waals surface area contributed by atoms with Crippen LogP contribution in [0.1, 0.15) is 0 Å². The Kier molecular flexibility index (Phi) is 6.53. The lowest BCUT2D eigenvalue weighted by atomic mass is 10.2. The molecular weight excluding hydrogens is 384 g/mol. The van der Waals surface area contributed by atoms with Crippen LogP contribution < -0.4 is 19.7 Å². The summed E-state index contributed by atoms with van der Waals surface area (Å²) in [7, 11) is -6.41. The van der Waals surface area contributed by atoms with Gasteiger partial charge in [-0.3, -0.25) is 4.72 Å². The molecule has 0 fully saturated rings. The molecule has 2 aromatic carbocycles. The van der Waals surface area contributed by atoms with Gasteiger partial charge in [0.1, 0.15) is 22.0 Å². The van der Waals surface area contributed by atoms with Crippen LogP contribution in [0.5, 0.6) is 0 Å². The highest BCUT2D eigenvalue weighted by molar-refractivity contribution is 7.92. The predicted molar refractivity (Wildman–Crippen MR) is 102 cm³/mol. The third-order valence-electron chi connectivity index (χ3n) is 2.91. The van der Waals surface area contributed by atoms with Gasteiger partial charge in [0.15, 0.2) is 0 Å². The SMILES string of the molecule is CS(=O)NNc1cc(NS(=O)(=O)c2ccccc2)ccc1NS(C)=O. The van der Waals surface area contributed by atoms with Gasteiger partial charge in [0.2, 0.25) is 0 Å². The molecule has 0 aliphatic rings. The van der Waals surface area contributed by atoms with Crippen LogP contribution in [0, 0.1) is 0 Å². The van der Waals surface area contributed by atoms with E-state index in [9.17, 15) is 16.8 Å². The molecule has 0 saturated carbocycles. The zero-order chi connectivity index (χ0) is 18.4. The summed E-state index contributed by atoms with van der Waals surface area (Å²) in [6, 6.07) is 12.5. The maximum absolute atomic E-state index is 12.4. The van der Waals surface area contributed by atoms with E-state index in [4.69, 9.17) is 0 Å². The van der Waals surface area contributed by atoms with Crippen LogP contribution in [0.15, 0.2) is 53.4 Å². The van der Waals surface area contributed by atoms with E-state index in [1.807, 2.05) is 0 Å². The van der Waals surface area contributed by atoms with Gasteiger partial charge in [-0.05, 0) is 30.3 Å². The van der Waals surface area contributed by atoms with Crippen LogP contribution in [0.2, 0.25) is 0 Å². The molecule has 0 radical (unpaired) electrons. The molecule has 0 aliphatic carbocycles. The first kappa shape index (κ1) is 19.4. The standard InChI is InChI=1S/C14H18N4O4S3/c1-23(19)16-13-9-8-11(10-14(13)15-18-24(2)20)17-25(21,22)12-6-4-3-5-7-12/h3-10,15-18H,1-2H3. The lowest BCUT2D eigenvalue weighted by Crippen LogP contribution is -2.24. The fourth-order valence-corrected chi connectivity index (χ4v) is 3.71. The van der Waals surface area contributed by atoms with Gasteiger partial charge in [0, 0.05) is 12.5 Å². The Bertz CT molecular complexity index is 888. The number of anilines is 3. The fraction of sp³-hybridized carbons (Fsp3) is 0.143. The molecule has 2 rings (SSSR count). The normalized spacial score (nSPS) is 13.7. The first-order valence-corrected chi connectivity index (χ1v) is 11.5. The van der Waals surface area contributed by atoms with Crippen molar-refractivity contribution in [2.45, 2.75) is 4.90 Å². The van der Waals surface area contributed by atoms with Crippen molar-refractivity contribution in [1.82, 2.24) is 4.83 Å². The molecule has 0 saturated heterocycles. The highest BCUT2D eigenvalue weighted by Crippen LogP contribution is 2.27. The number of rotatable bonds is 8. The summed E-state index contributed by atoms with van der Waals surface area (Å²) in [5, 5.41) is 0. The van der Waals surface area contributed by atoms with Crippen molar-refractivity contribution in [3.05, 3.63) is 48.5 Å². The Balaban J connectivity index is 2.30. The molecule has 25 heavy (non-hydrogen) atoms. The number of hydrazine groups is 1. The molecule has 136 valence electrons. The number of nitrogens with one attached hydrogen (secondary N) is 4. The van der Waals surface area contributed by atoms with E-state index in [0.717, 1.165) is 0 Å². The molecule has 0 heterocycles. The summed E-state index contributed by atoms with van der Waals surface area (Å²) in [6.07, 6.45) is 2.89. The molecule has 4 N–H and O–H groups in total. The highest BCUT2D eigenvalue weighted by Gasteiger charge is 2.15. The van der Waals surface area contributed by atoms with Crippen LogP contribution in [0.25, 0.3) is 0 Å². The number of benzene rings is 2. The number of hydrogen-bond acceptors (Lipinski definition) is 5. The second-order valence-electron chi connectivity index (χ2n) is 4.92. The summed E-state index contributed by atoms with van der Waals surface area (Å²) in [6.45, 7) is 0. The monoisotopic (exact) mass is 402 g/mol. The van der Waals surface area contributed by atoms with Gasteiger partial charge < -0.3 is 10.1 Å². The summed E-state index contributed by atoms with van der Waals surface area (Å²) in [4.78, 5) is 2.64. The van der Waals surface area contributed by atoms with Gasteiger partial charge in [-0.15, -0.1) is 0 Å². The first-order chi connectivity index (χ1) is 11.8. The average Bonchev–Trinajstić information content (AvgIpc) is 2.55. The Morgan fingerprint density at radius 3 is 2.16 bits per heavy atom. The van der Waals surface area contributed by atoms with Crippen molar-refractivity contribution in [2.24, 2.45) is 0 Å². The zero-order valence-corrected chi connectivity index (χ0v) is 15.9. The Morgan fingerprint density at radius 1 is 0.880 bits per heavy atom. The second-order valence-corrected chi connectivity index (χ2v) is 8.82.